The monoisotopic (exact) mass is 532 g/mol. The molecule has 1 aliphatic heterocycles. The highest BCUT2D eigenvalue weighted by molar-refractivity contribution is 5.97. The summed E-state index contributed by atoms with van der Waals surface area (Å²) in [5.41, 5.74) is 2.70. The Hall–Kier alpha value is -4.18. The second-order valence-electron chi connectivity index (χ2n) is 10.0. The van der Waals surface area contributed by atoms with Crippen LogP contribution in [0.1, 0.15) is 40.4 Å². The molecule has 1 atom stereocenters. The maximum absolute atomic E-state index is 14.2. The van der Waals surface area contributed by atoms with Gasteiger partial charge in [0.2, 0.25) is 0 Å². The van der Waals surface area contributed by atoms with E-state index in [-0.39, 0.29) is 22.8 Å². The lowest BCUT2D eigenvalue weighted by atomic mass is 10.1. The van der Waals surface area contributed by atoms with Crippen LogP contribution in [-0.2, 0) is 13.6 Å². The van der Waals surface area contributed by atoms with Crippen LogP contribution < -0.4 is 0 Å². The predicted octanol–water partition coefficient (Wildman–Crippen LogP) is 4.98. The quantitative estimate of drug-likeness (QED) is 0.325. The first-order chi connectivity index (χ1) is 18.8. The average Bonchev–Trinajstić information content (AvgIpc) is 3.54. The number of nitrogens with one attached hydrogen (secondary N) is 1. The molecule has 1 N–H and O–H groups in total. The molecule has 10 heteroatoms. The van der Waals surface area contributed by atoms with Crippen LogP contribution in [0.5, 0.6) is 0 Å². The van der Waals surface area contributed by atoms with Gasteiger partial charge in [0.15, 0.2) is 17.5 Å². The van der Waals surface area contributed by atoms with E-state index < -0.39 is 23.4 Å². The van der Waals surface area contributed by atoms with Gasteiger partial charge in [-0.25, -0.2) is 23.1 Å². The van der Waals surface area contributed by atoms with Crippen LogP contribution >= 0.6 is 0 Å². The van der Waals surface area contributed by atoms with Gasteiger partial charge in [-0.2, -0.15) is 0 Å². The van der Waals surface area contributed by atoms with Crippen molar-refractivity contribution in [3.63, 3.8) is 0 Å². The molecule has 3 aromatic carbocycles. The molecule has 0 spiro atoms. The predicted molar refractivity (Wildman–Crippen MR) is 142 cm³/mol. The molecule has 6 rings (SSSR count). The minimum atomic E-state index is -1.28. The SMILES string of the molecule is CC(c1nc2c(F)cc(F)c(F)c2[nH]1)c1nc2ccc(C(=O)N3CCN(Cc4ccccc4)CC3)cc2n1C. The third kappa shape index (κ3) is 4.54. The number of fused-ring (bicyclic) bond motifs is 2. The second-order valence-corrected chi connectivity index (χ2v) is 10.0. The molecule has 200 valence electrons. The minimum absolute atomic E-state index is 0.0303. The Morgan fingerprint density at radius 3 is 2.46 bits per heavy atom. The number of aromatic nitrogens is 4. The smallest absolute Gasteiger partial charge is 0.254 e. The van der Waals surface area contributed by atoms with Gasteiger partial charge in [-0.3, -0.25) is 9.69 Å². The number of aryl methyl sites for hydroxylation is 1. The highest BCUT2D eigenvalue weighted by Gasteiger charge is 2.25. The maximum Gasteiger partial charge on any atom is 0.254 e. The molecule has 1 unspecified atom stereocenters. The fourth-order valence-corrected chi connectivity index (χ4v) is 5.28. The van der Waals surface area contributed by atoms with E-state index in [0.29, 0.717) is 36.1 Å². The number of piperazine rings is 1. The van der Waals surface area contributed by atoms with E-state index >= 15 is 0 Å². The van der Waals surface area contributed by atoms with Crippen molar-refractivity contribution in [3.8, 4) is 0 Å². The summed E-state index contributed by atoms with van der Waals surface area (Å²) in [5, 5.41) is 0. The van der Waals surface area contributed by atoms with E-state index in [4.69, 9.17) is 4.98 Å². The molecule has 1 saturated heterocycles. The van der Waals surface area contributed by atoms with Crippen LogP contribution in [0.2, 0.25) is 0 Å². The van der Waals surface area contributed by atoms with Gasteiger partial charge in [0.25, 0.3) is 5.91 Å². The summed E-state index contributed by atoms with van der Waals surface area (Å²) < 4.78 is 43.9. The fourth-order valence-electron chi connectivity index (χ4n) is 5.28. The van der Waals surface area contributed by atoms with Gasteiger partial charge in [0.05, 0.1) is 17.0 Å². The van der Waals surface area contributed by atoms with Crippen molar-refractivity contribution >= 4 is 28.0 Å². The number of aromatic amines is 1. The summed E-state index contributed by atoms with van der Waals surface area (Å²) in [6, 6.07) is 16.2. The largest absolute Gasteiger partial charge is 0.339 e. The second kappa shape index (κ2) is 9.85. The van der Waals surface area contributed by atoms with Crippen LogP contribution in [0, 0.1) is 17.5 Å². The molecule has 1 amide bonds. The summed E-state index contributed by atoms with van der Waals surface area (Å²) in [5.74, 6) is -3.05. The lowest BCUT2D eigenvalue weighted by Gasteiger charge is -2.34. The summed E-state index contributed by atoms with van der Waals surface area (Å²) in [7, 11) is 1.82. The van der Waals surface area contributed by atoms with Crippen LogP contribution in [0.4, 0.5) is 13.2 Å². The third-order valence-electron chi connectivity index (χ3n) is 7.50. The van der Waals surface area contributed by atoms with E-state index in [1.54, 1.807) is 19.1 Å². The number of carbonyl (C=O) groups excluding carboxylic acids is 1. The first-order valence-corrected chi connectivity index (χ1v) is 12.8. The molecule has 7 nitrogen and oxygen atoms in total. The van der Waals surface area contributed by atoms with Crippen LogP contribution in [0.15, 0.2) is 54.6 Å². The summed E-state index contributed by atoms with van der Waals surface area (Å²) in [6.07, 6.45) is 0. The van der Waals surface area contributed by atoms with Crippen molar-refractivity contribution in [2.45, 2.75) is 19.4 Å². The summed E-state index contributed by atoms with van der Waals surface area (Å²) in [6.45, 7) is 5.57. The van der Waals surface area contributed by atoms with Gasteiger partial charge in [-0.1, -0.05) is 30.3 Å². The molecule has 5 aromatic rings. The number of benzene rings is 3. The Labute approximate surface area is 222 Å². The van der Waals surface area contributed by atoms with Crippen LogP contribution in [0.25, 0.3) is 22.1 Å². The molecule has 0 aliphatic carbocycles. The third-order valence-corrected chi connectivity index (χ3v) is 7.50. The summed E-state index contributed by atoms with van der Waals surface area (Å²) in [4.78, 5) is 29.2. The number of H-pyrrole nitrogens is 1. The standard InChI is InChI=1S/C29H27F3N6O/c1-17(27-34-25-21(31)15-20(30)24(32)26(25)35-27)28-33-22-9-8-19(14-23(22)36(28)2)29(39)38-12-10-37(11-13-38)16-18-6-4-3-5-7-18/h3-9,14-15,17H,10-13,16H2,1-2H3,(H,34,35). The lowest BCUT2D eigenvalue weighted by Crippen LogP contribution is -2.48. The van der Waals surface area contributed by atoms with Crippen LogP contribution in [-0.4, -0.2) is 61.4 Å². The normalized spacial score (nSPS) is 15.4. The number of nitrogens with zero attached hydrogens (tertiary/aromatic N) is 5. The maximum atomic E-state index is 14.2. The van der Waals surface area contributed by atoms with Crippen molar-refractivity contribution in [2.75, 3.05) is 26.2 Å². The number of hydrogen-bond donors (Lipinski definition) is 1. The van der Waals surface area contributed by atoms with Gasteiger partial charge in [0, 0.05) is 51.4 Å². The zero-order chi connectivity index (χ0) is 27.3. The number of amides is 1. The van der Waals surface area contributed by atoms with Crippen molar-refractivity contribution in [2.24, 2.45) is 7.05 Å². The zero-order valence-corrected chi connectivity index (χ0v) is 21.6. The molecule has 0 saturated carbocycles. The van der Waals surface area contributed by atoms with Gasteiger partial charge >= 0.3 is 0 Å². The van der Waals surface area contributed by atoms with Gasteiger partial charge in [-0.05, 0) is 30.7 Å². The van der Waals surface area contributed by atoms with E-state index in [1.165, 1.54) is 5.56 Å². The Kier molecular flexibility index (Phi) is 6.34. The molecule has 1 fully saturated rings. The van der Waals surface area contributed by atoms with Gasteiger partial charge in [-0.15, -0.1) is 0 Å². The van der Waals surface area contributed by atoms with Crippen LogP contribution in [0.3, 0.4) is 0 Å². The average molecular weight is 533 g/mol. The molecular formula is C29H27F3N6O. The van der Waals surface area contributed by atoms with E-state index in [0.717, 1.165) is 25.2 Å². The molecule has 2 aromatic heterocycles. The molecule has 39 heavy (non-hydrogen) atoms. The molecule has 1 aliphatic rings. The first kappa shape index (κ1) is 25.1. The molecule has 0 bridgehead atoms. The van der Waals surface area contributed by atoms with Gasteiger partial charge in [0.1, 0.15) is 22.7 Å². The summed E-state index contributed by atoms with van der Waals surface area (Å²) >= 11 is 0. The number of imidazole rings is 2. The molecular weight excluding hydrogens is 505 g/mol. The molecule has 0 radical (unpaired) electrons. The fraction of sp³-hybridized carbons (Fsp3) is 0.276. The number of carbonyl (C=O) groups is 1. The highest BCUT2D eigenvalue weighted by atomic mass is 19.2. The minimum Gasteiger partial charge on any atom is -0.339 e. The van der Waals surface area contributed by atoms with Crippen molar-refractivity contribution in [1.82, 2.24) is 29.3 Å². The Morgan fingerprint density at radius 1 is 0.974 bits per heavy atom. The Morgan fingerprint density at radius 2 is 1.72 bits per heavy atom. The zero-order valence-electron chi connectivity index (χ0n) is 21.6. The van der Waals surface area contributed by atoms with E-state index in [1.807, 2.05) is 40.8 Å². The van der Waals surface area contributed by atoms with Crippen molar-refractivity contribution < 1.29 is 18.0 Å². The Balaban J connectivity index is 1.21. The number of halogens is 3. The lowest BCUT2D eigenvalue weighted by molar-refractivity contribution is 0.0628. The van der Waals surface area contributed by atoms with Crippen molar-refractivity contribution in [1.29, 1.82) is 0 Å². The number of hydrogen-bond acceptors (Lipinski definition) is 4. The molecule has 3 heterocycles. The van der Waals surface area contributed by atoms with E-state index in [9.17, 15) is 18.0 Å². The van der Waals surface area contributed by atoms with E-state index in [2.05, 4.69) is 27.0 Å². The topological polar surface area (TPSA) is 70.1 Å². The first-order valence-electron chi connectivity index (χ1n) is 12.8. The number of rotatable bonds is 5. The van der Waals surface area contributed by atoms with Crippen molar-refractivity contribution in [3.05, 3.63) is 94.8 Å². The Bertz CT molecular complexity index is 1690. The highest BCUT2D eigenvalue weighted by Crippen LogP contribution is 2.29. The van der Waals surface area contributed by atoms with Gasteiger partial charge < -0.3 is 14.5 Å².